The van der Waals surface area contributed by atoms with Crippen molar-refractivity contribution in [3.63, 3.8) is 0 Å². The Morgan fingerprint density at radius 1 is 1.24 bits per heavy atom. The van der Waals surface area contributed by atoms with Crippen molar-refractivity contribution in [3.05, 3.63) is 36.4 Å². The first kappa shape index (κ1) is 25.9. The monoisotopic (exact) mass is 492 g/mol. The second kappa shape index (κ2) is 11.6. The molecule has 5 N–H and O–H groups in total. The van der Waals surface area contributed by atoms with E-state index in [1.807, 2.05) is 6.07 Å². The molecule has 1 fully saturated rings. The van der Waals surface area contributed by atoms with Crippen LogP contribution in [0.15, 0.2) is 41.3 Å². The van der Waals surface area contributed by atoms with Crippen LogP contribution in [-0.4, -0.2) is 75.7 Å². The first-order valence-corrected chi connectivity index (χ1v) is 12.8. The normalized spacial score (nSPS) is 17.0. The number of nitrogens with one attached hydrogen (secondary N) is 2. The van der Waals surface area contributed by atoms with Crippen LogP contribution in [0.4, 0.5) is 0 Å². The smallest absolute Gasteiger partial charge is 0.243 e. The number of benzene rings is 2. The van der Waals surface area contributed by atoms with E-state index >= 15 is 0 Å². The Balaban J connectivity index is 1.71. The molecule has 0 unspecified atom stereocenters. The third-order valence-corrected chi connectivity index (χ3v) is 7.38. The summed E-state index contributed by atoms with van der Waals surface area (Å²) in [7, 11) is -2.56. The van der Waals surface area contributed by atoms with E-state index in [1.54, 1.807) is 18.2 Å². The van der Waals surface area contributed by atoms with Crippen molar-refractivity contribution in [2.24, 2.45) is 5.73 Å². The van der Waals surface area contributed by atoms with Crippen molar-refractivity contribution in [1.29, 1.82) is 0 Å². The first-order chi connectivity index (χ1) is 16.3. The van der Waals surface area contributed by atoms with Gasteiger partial charge >= 0.3 is 0 Å². The summed E-state index contributed by atoms with van der Waals surface area (Å²) in [6, 6.07) is 8.34. The first-order valence-electron chi connectivity index (χ1n) is 11.3. The lowest BCUT2D eigenvalue weighted by atomic mass is 10.1. The number of nitrogens with two attached hydrogens (primary N) is 1. The Morgan fingerprint density at radius 3 is 2.71 bits per heavy atom. The van der Waals surface area contributed by atoms with E-state index in [-0.39, 0.29) is 23.4 Å². The van der Waals surface area contributed by atoms with Gasteiger partial charge in [0.05, 0.1) is 18.6 Å². The average Bonchev–Trinajstić information content (AvgIpc) is 3.32. The molecule has 2 atom stereocenters. The maximum Gasteiger partial charge on any atom is 0.243 e. The zero-order chi connectivity index (χ0) is 24.7. The summed E-state index contributed by atoms with van der Waals surface area (Å²) < 4.78 is 33.6. The predicted octanol–water partition coefficient (Wildman–Crippen LogP) is 0.334. The van der Waals surface area contributed by atoms with Gasteiger partial charge in [-0.15, -0.1) is 0 Å². The third kappa shape index (κ3) is 6.23. The van der Waals surface area contributed by atoms with Crippen molar-refractivity contribution in [3.8, 4) is 5.75 Å². The molecular weight excluding hydrogens is 460 g/mol. The van der Waals surface area contributed by atoms with Gasteiger partial charge in [-0.1, -0.05) is 12.1 Å². The fourth-order valence-electron chi connectivity index (χ4n) is 4.04. The van der Waals surface area contributed by atoms with Crippen LogP contribution in [0.25, 0.3) is 10.8 Å². The van der Waals surface area contributed by atoms with Crippen LogP contribution in [0.3, 0.4) is 0 Å². The molecule has 186 valence electrons. The van der Waals surface area contributed by atoms with Crippen LogP contribution in [-0.2, 0) is 19.6 Å². The molecule has 3 rings (SSSR count). The van der Waals surface area contributed by atoms with Crippen molar-refractivity contribution in [2.45, 2.75) is 42.7 Å². The maximum atomic E-state index is 13.1. The molecule has 1 aliphatic rings. The Hall–Kier alpha value is -2.73. The number of methoxy groups -OCH3 is 1. The van der Waals surface area contributed by atoms with Gasteiger partial charge in [0, 0.05) is 25.6 Å². The molecule has 2 aromatic rings. The van der Waals surface area contributed by atoms with E-state index < -0.39 is 28.6 Å². The molecule has 1 aliphatic heterocycles. The van der Waals surface area contributed by atoms with E-state index in [1.165, 1.54) is 24.1 Å². The number of aliphatic hydroxyl groups excluding tert-OH is 1. The minimum absolute atomic E-state index is 0.0235. The highest BCUT2D eigenvalue weighted by atomic mass is 32.2. The number of likely N-dealkylation sites (tertiary alicyclic amines) is 1. The molecular formula is C23H32N4O6S. The fraction of sp³-hybridized carbons (Fsp3) is 0.478. The molecule has 0 spiro atoms. The van der Waals surface area contributed by atoms with Crippen LogP contribution < -0.4 is 20.5 Å². The predicted molar refractivity (Wildman–Crippen MR) is 128 cm³/mol. The lowest BCUT2D eigenvalue weighted by molar-refractivity contribution is -0.135. The summed E-state index contributed by atoms with van der Waals surface area (Å²) in [6.45, 7) is 0.429. The number of sulfonamides is 1. The lowest BCUT2D eigenvalue weighted by Gasteiger charge is -2.28. The van der Waals surface area contributed by atoms with Gasteiger partial charge in [0.2, 0.25) is 21.8 Å². The number of rotatable bonds is 11. The van der Waals surface area contributed by atoms with Crippen LogP contribution in [0.2, 0.25) is 0 Å². The minimum atomic E-state index is -4.09. The summed E-state index contributed by atoms with van der Waals surface area (Å²) >= 11 is 0. The summed E-state index contributed by atoms with van der Waals surface area (Å²) in [4.78, 5) is 26.5. The Bertz CT molecular complexity index is 1120. The number of fused-ring (bicyclic) bond motifs is 1. The standard InChI is InChI=1S/C23H32N4O6S/c1-33-19-8-6-16-7-9-20(13-17(16)12-19)34(31,32)26-21(15-28)23(30)27-11-3-4-18(27)14-25-22(29)5-2-10-24/h6-9,12-13,18,21,26,28H,2-5,10-11,14-15,24H2,1H3,(H,25,29)/t18-,21+/m0/s1. The Labute approximate surface area is 199 Å². The second-order valence-corrected chi connectivity index (χ2v) is 9.97. The second-order valence-electron chi connectivity index (χ2n) is 8.26. The zero-order valence-electron chi connectivity index (χ0n) is 19.2. The SMILES string of the molecule is COc1ccc2ccc(S(=O)(=O)N[C@H](CO)C(=O)N3CCC[C@H]3CNC(=O)CCCN)cc2c1. The highest BCUT2D eigenvalue weighted by Crippen LogP contribution is 2.24. The van der Waals surface area contributed by atoms with Gasteiger partial charge in [-0.05, 0) is 60.8 Å². The molecule has 0 radical (unpaired) electrons. The van der Waals surface area contributed by atoms with Gasteiger partial charge in [0.1, 0.15) is 11.8 Å². The molecule has 0 aliphatic carbocycles. The van der Waals surface area contributed by atoms with Crippen molar-refractivity contribution >= 4 is 32.6 Å². The van der Waals surface area contributed by atoms with Crippen LogP contribution in [0, 0.1) is 0 Å². The molecule has 10 nitrogen and oxygen atoms in total. The van der Waals surface area contributed by atoms with Crippen molar-refractivity contribution in [2.75, 3.05) is 33.4 Å². The van der Waals surface area contributed by atoms with Crippen molar-refractivity contribution < 1.29 is 27.9 Å². The Morgan fingerprint density at radius 2 is 2.00 bits per heavy atom. The summed E-state index contributed by atoms with van der Waals surface area (Å²) in [5.74, 6) is -0.0713. The van der Waals surface area contributed by atoms with E-state index in [9.17, 15) is 23.1 Å². The van der Waals surface area contributed by atoms with Crippen LogP contribution in [0.1, 0.15) is 25.7 Å². The van der Waals surface area contributed by atoms with Gasteiger partial charge in [0.15, 0.2) is 0 Å². The third-order valence-electron chi connectivity index (χ3n) is 5.91. The number of hydrogen-bond acceptors (Lipinski definition) is 7. The van der Waals surface area contributed by atoms with E-state index in [4.69, 9.17) is 10.5 Å². The number of carbonyl (C=O) groups excluding carboxylic acids is 2. The van der Waals surface area contributed by atoms with E-state index in [0.29, 0.717) is 43.5 Å². The average molecular weight is 493 g/mol. The van der Waals surface area contributed by atoms with Crippen LogP contribution in [0.5, 0.6) is 5.75 Å². The molecule has 34 heavy (non-hydrogen) atoms. The van der Waals surface area contributed by atoms with Crippen LogP contribution >= 0.6 is 0 Å². The molecule has 0 bridgehead atoms. The van der Waals surface area contributed by atoms with Gasteiger partial charge in [-0.25, -0.2) is 8.42 Å². The topological polar surface area (TPSA) is 151 Å². The molecule has 11 heteroatoms. The van der Waals surface area contributed by atoms with Gasteiger partial charge in [-0.2, -0.15) is 4.72 Å². The molecule has 0 saturated carbocycles. The van der Waals surface area contributed by atoms with E-state index in [2.05, 4.69) is 10.0 Å². The summed E-state index contributed by atoms with van der Waals surface area (Å²) in [5.41, 5.74) is 5.42. The van der Waals surface area contributed by atoms with Crippen molar-refractivity contribution in [1.82, 2.24) is 14.9 Å². The van der Waals surface area contributed by atoms with Gasteiger partial charge in [0.25, 0.3) is 0 Å². The number of aliphatic hydroxyl groups is 1. The number of nitrogens with zero attached hydrogens (tertiary/aromatic N) is 1. The minimum Gasteiger partial charge on any atom is -0.497 e. The lowest BCUT2D eigenvalue weighted by Crippen LogP contribution is -2.53. The fourth-order valence-corrected chi connectivity index (χ4v) is 5.25. The number of hydrogen-bond donors (Lipinski definition) is 4. The maximum absolute atomic E-state index is 13.1. The molecule has 2 aromatic carbocycles. The van der Waals surface area contributed by atoms with Gasteiger partial charge < -0.3 is 25.8 Å². The summed E-state index contributed by atoms with van der Waals surface area (Å²) in [6.07, 6.45) is 2.30. The summed E-state index contributed by atoms with van der Waals surface area (Å²) in [5, 5.41) is 14.1. The number of carbonyl (C=O) groups is 2. The van der Waals surface area contributed by atoms with E-state index in [0.717, 1.165) is 11.8 Å². The number of ether oxygens (including phenoxy) is 1. The Kier molecular flexibility index (Phi) is 8.84. The molecule has 2 amide bonds. The highest BCUT2D eigenvalue weighted by molar-refractivity contribution is 7.89. The number of amides is 2. The van der Waals surface area contributed by atoms with Gasteiger partial charge in [-0.3, -0.25) is 9.59 Å². The highest BCUT2D eigenvalue weighted by Gasteiger charge is 2.35. The quantitative estimate of drug-likeness (QED) is 0.353. The molecule has 1 saturated heterocycles. The molecule has 1 heterocycles. The zero-order valence-corrected chi connectivity index (χ0v) is 20.0. The largest absolute Gasteiger partial charge is 0.497 e. The molecule has 0 aromatic heterocycles.